The largest absolute Gasteiger partial charge is 0.437 e. The van der Waals surface area contributed by atoms with Crippen LogP contribution in [0.2, 0.25) is 0 Å². The summed E-state index contributed by atoms with van der Waals surface area (Å²) in [6, 6.07) is 6.29. The molecule has 0 aliphatic carbocycles. The van der Waals surface area contributed by atoms with Crippen molar-refractivity contribution in [3.05, 3.63) is 47.9 Å². The third-order valence-electron chi connectivity index (χ3n) is 2.25. The molecule has 1 heterocycles. The molecule has 7 heteroatoms. The number of amides is 1. The van der Waals surface area contributed by atoms with Crippen LogP contribution in [-0.4, -0.2) is 20.9 Å². The fourth-order valence-corrected chi connectivity index (χ4v) is 1.51. The number of aromatic nitrogens is 2. The van der Waals surface area contributed by atoms with Crippen molar-refractivity contribution in [2.45, 2.75) is 0 Å². The minimum atomic E-state index is -0.505. The number of primary amides is 1. The molecule has 0 aliphatic heterocycles. The van der Waals surface area contributed by atoms with Crippen molar-refractivity contribution in [1.82, 2.24) is 9.97 Å². The van der Waals surface area contributed by atoms with E-state index < -0.39 is 5.91 Å². The molecule has 0 spiro atoms. The first kappa shape index (κ1) is 12.9. The Morgan fingerprint density at radius 2 is 1.74 bits per heavy atom. The Labute approximate surface area is 114 Å². The second-order valence-electron chi connectivity index (χ2n) is 3.57. The minimum absolute atomic E-state index is 0.0943. The van der Waals surface area contributed by atoms with E-state index >= 15 is 0 Å². The highest BCUT2D eigenvalue weighted by molar-refractivity contribution is 7.80. The molecule has 0 aliphatic rings. The van der Waals surface area contributed by atoms with E-state index in [0.717, 1.165) is 0 Å². The summed E-state index contributed by atoms with van der Waals surface area (Å²) < 4.78 is 5.51. The lowest BCUT2D eigenvalue weighted by atomic mass is 10.2. The summed E-state index contributed by atoms with van der Waals surface area (Å²) >= 11 is 4.85. The number of nitrogens with two attached hydrogens (primary N) is 2. The Balaban J connectivity index is 2.26. The Hall–Kier alpha value is -2.54. The van der Waals surface area contributed by atoms with Gasteiger partial charge in [0.2, 0.25) is 11.8 Å². The molecule has 1 aromatic heterocycles. The normalized spacial score (nSPS) is 9.89. The van der Waals surface area contributed by atoms with Gasteiger partial charge in [-0.05, 0) is 24.3 Å². The summed E-state index contributed by atoms with van der Waals surface area (Å²) in [5, 5.41) is 0. The van der Waals surface area contributed by atoms with Gasteiger partial charge >= 0.3 is 0 Å². The zero-order valence-electron chi connectivity index (χ0n) is 9.74. The van der Waals surface area contributed by atoms with Crippen molar-refractivity contribution < 1.29 is 9.53 Å². The van der Waals surface area contributed by atoms with Crippen molar-refractivity contribution in [2.75, 3.05) is 0 Å². The van der Waals surface area contributed by atoms with Crippen LogP contribution in [0.1, 0.15) is 16.1 Å². The van der Waals surface area contributed by atoms with Crippen LogP contribution in [0, 0.1) is 0 Å². The maximum absolute atomic E-state index is 10.9. The number of nitrogens with zero attached hydrogens (tertiary/aromatic N) is 2. The van der Waals surface area contributed by atoms with E-state index in [-0.39, 0.29) is 10.9 Å². The summed E-state index contributed by atoms with van der Waals surface area (Å²) in [6.45, 7) is 0. The van der Waals surface area contributed by atoms with E-state index in [9.17, 15) is 4.79 Å². The van der Waals surface area contributed by atoms with Crippen molar-refractivity contribution in [1.29, 1.82) is 0 Å². The van der Waals surface area contributed by atoms with Crippen LogP contribution in [0.15, 0.2) is 36.7 Å². The molecule has 0 saturated carbocycles. The molecule has 6 nitrogen and oxygen atoms in total. The van der Waals surface area contributed by atoms with Gasteiger partial charge in [-0.2, -0.15) is 0 Å². The van der Waals surface area contributed by atoms with Gasteiger partial charge in [0.25, 0.3) is 0 Å². The maximum Gasteiger partial charge on any atom is 0.248 e. The molecule has 2 rings (SSSR count). The number of carbonyl (C=O) groups is 1. The molecule has 1 aromatic carbocycles. The lowest BCUT2D eigenvalue weighted by Crippen LogP contribution is -2.13. The monoisotopic (exact) mass is 274 g/mol. The molecule has 0 unspecified atom stereocenters. The first-order valence-electron chi connectivity index (χ1n) is 5.26. The fourth-order valence-electron chi connectivity index (χ4n) is 1.37. The molecule has 1 amide bonds. The van der Waals surface area contributed by atoms with Crippen LogP contribution >= 0.6 is 12.2 Å². The second kappa shape index (κ2) is 5.40. The van der Waals surface area contributed by atoms with E-state index in [1.165, 1.54) is 12.4 Å². The highest BCUT2D eigenvalue weighted by atomic mass is 32.1. The van der Waals surface area contributed by atoms with Crippen LogP contribution in [0.5, 0.6) is 11.6 Å². The quantitative estimate of drug-likeness (QED) is 0.806. The molecule has 0 saturated heterocycles. The highest BCUT2D eigenvalue weighted by Crippen LogP contribution is 2.21. The molecular weight excluding hydrogens is 264 g/mol. The molecule has 0 fully saturated rings. The Morgan fingerprint density at radius 1 is 1.11 bits per heavy atom. The van der Waals surface area contributed by atoms with Crippen molar-refractivity contribution in [2.24, 2.45) is 11.5 Å². The van der Waals surface area contributed by atoms with Gasteiger partial charge < -0.3 is 16.2 Å². The van der Waals surface area contributed by atoms with Gasteiger partial charge in [0.1, 0.15) is 10.7 Å². The first-order chi connectivity index (χ1) is 9.08. The Bertz CT molecular complexity index is 628. The topological polar surface area (TPSA) is 104 Å². The number of benzene rings is 1. The maximum atomic E-state index is 10.9. The smallest absolute Gasteiger partial charge is 0.248 e. The highest BCUT2D eigenvalue weighted by Gasteiger charge is 2.10. The van der Waals surface area contributed by atoms with Gasteiger partial charge in [-0.15, -0.1) is 0 Å². The van der Waals surface area contributed by atoms with E-state index in [4.69, 9.17) is 28.4 Å². The van der Waals surface area contributed by atoms with Crippen molar-refractivity contribution in [3.63, 3.8) is 0 Å². The number of hydrogen-bond donors (Lipinski definition) is 2. The zero-order chi connectivity index (χ0) is 13.8. The molecule has 0 atom stereocenters. The summed E-state index contributed by atoms with van der Waals surface area (Å²) in [5.41, 5.74) is 11.4. The number of thiocarbonyl (C=S) groups is 1. The molecule has 2 aromatic rings. The molecule has 96 valence electrons. The minimum Gasteiger partial charge on any atom is -0.437 e. The second-order valence-corrected chi connectivity index (χ2v) is 4.00. The Kier molecular flexibility index (Phi) is 3.67. The van der Waals surface area contributed by atoms with Gasteiger partial charge in [0.05, 0.1) is 0 Å². The zero-order valence-corrected chi connectivity index (χ0v) is 10.6. The van der Waals surface area contributed by atoms with Crippen LogP contribution in [0.25, 0.3) is 0 Å². The van der Waals surface area contributed by atoms with Gasteiger partial charge in [-0.1, -0.05) is 12.2 Å². The van der Waals surface area contributed by atoms with Gasteiger partial charge in [0, 0.05) is 18.0 Å². The number of hydrogen-bond acceptors (Lipinski definition) is 5. The van der Waals surface area contributed by atoms with E-state index in [1.807, 2.05) is 0 Å². The summed E-state index contributed by atoms with van der Waals surface area (Å²) in [7, 11) is 0. The van der Waals surface area contributed by atoms with Crippen LogP contribution in [0.4, 0.5) is 0 Å². The molecule has 0 bridgehead atoms. The van der Waals surface area contributed by atoms with Crippen molar-refractivity contribution in [3.8, 4) is 11.6 Å². The SMILES string of the molecule is NC(=O)c1ccc(Oc2nccnc2C(N)=S)cc1. The Morgan fingerprint density at radius 3 is 2.32 bits per heavy atom. The summed E-state index contributed by atoms with van der Waals surface area (Å²) in [4.78, 5) is 19.0. The average molecular weight is 274 g/mol. The predicted octanol–water partition coefficient (Wildman–Crippen LogP) is 1.00. The molecule has 19 heavy (non-hydrogen) atoms. The standard InChI is InChI=1S/C12H10N4O2S/c13-10(17)7-1-3-8(4-2-7)18-12-9(11(14)19)15-5-6-16-12/h1-6H,(H2,13,17)(H2,14,19). The van der Waals surface area contributed by atoms with Crippen LogP contribution in [0.3, 0.4) is 0 Å². The fraction of sp³-hybridized carbons (Fsp3) is 0. The first-order valence-corrected chi connectivity index (χ1v) is 5.67. The van der Waals surface area contributed by atoms with Crippen LogP contribution < -0.4 is 16.2 Å². The lowest BCUT2D eigenvalue weighted by molar-refractivity contribution is 0.100. The van der Waals surface area contributed by atoms with Gasteiger partial charge in [-0.3, -0.25) is 4.79 Å². The molecule has 0 radical (unpaired) electrons. The van der Waals surface area contributed by atoms with Crippen molar-refractivity contribution >= 4 is 23.1 Å². The van der Waals surface area contributed by atoms with E-state index in [1.54, 1.807) is 24.3 Å². The van der Waals surface area contributed by atoms with Crippen LogP contribution in [-0.2, 0) is 0 Å². The molecule has 4 N–H and O–H groups in total. The van der Waals surface area contributed by atoms with Gasteiger partial charge in [-0.25, -0.2) is 9.97 Å². The van der Waals surface area contributed by atoms with E-state index in [0.29, 0.717) is 17.0 Å². The average Bonchev–Trinajstić information content (AvgIpc) is 2.39. The lowest BCUT2D eigenvalue weighted by Gasteiger charge is -2.07. The predicted molar refractivity (Wildman–Crippen MR) is 73.0 cm³/mol. The summed E-state index contributed by atoms with van der Waals surface area (Å²) in [5.74, 6) is 0.180. The third-order valence-corrected chi connectivity index (χ3v) is 2.44. The number of carbonyl (C=O) groups excluding carboxylic acids is 1. The summed E-state index contributed by atoms with van der Waals surface area (Å²) in [6.07, 6.45) is 2.94. The van der Waals surface area contributed by atoms with Gasteiger partial charge in [0.15, 0.2) is 5.69 Å². The number of rotatable bonds is 4. The molecular formula is C12H10N4O2S. The van der Waals surface area contributed by atoms with E-state index in [2.05, 4.69) is 9.97 Å². The number of ether oxygens (including phenoxy) is 1. The third kappa shape index (κ3) is 3.02.